The lowest BCUT2D eigenvalue weighted by Gasteiger charge is -2.24. The summed E-state index contributed by atoms with van der Waals surface area (Å²) in [5.74, 6) is 0.527. The van der Waals surface area contributed by atoms with Gasteiger partial charge in [-0.2, -0.15) is 5.10 Å². The number of hydrogen-bond donors (Lipinski definition) is 1. The summed E-state index contributed by atoms with van der Waals surface area (Å²) in [4.78, 5) is 14.2. The molecule has 1 amide bonds. The molecule has 1 fully saturated rings. The predicted octanol–water partition coefficient (Wildman–Crippen LogP) is 2.52. The molecule has 5 nitrogen and oxygen atoms in total. The first kappa shape index (κ1) is 17.4. The van der Waals surface area contributed by atoms with Gasteiger partial charge in [0.1, 0.15) is 6.54 Å². The summed E-state index contributed by atoms with van der Waals surface area (Å²) < 4.78 is 1.86. The summed E-state index contributed by atoms with van der Waals surface area (Å²) in [6.45, 7) is 2.94. The van der Waals surface area contributed by atoms with Crippen molar-refractivity contribution in [2.24, 2.45) is 0 Å². The third-order valence-electron chi connectivity index (χ3n) is 4.66. The largest absolute Gasteiger partial charge is 0.340 e. The molecule has 1 N–H and O–H groups in total. The summed E-state index contributed by atoms with van der Waals surface area (Å²) in [7, 11) is 1.84. The maximum absolute atomic E-state index is 12.5. The number of rotatable bonds is 6. The van der Waals surface area contributed by atoms with Gasteiger partial charge in [-0.1, -0.05) is 42.5 Å². The van der Waals surface area contributed by atoms with Gasteiger partial charge in [-0.3, -0.25) is 9.48 Å². The standard InChI is InChI=1S/C20H26N4O/c1-23(14-6-9-17-7-3-2-4-8-17)20(25)16-24-19(11-13-22-24)18-10-5-12-21-15-18/h2-4,6-9,11,13,18,21H,5,10,12,14-16H2,1H3/b9-6+. The molecule has 0 radical (unpaired) electrons. The van der Waals surface area contributed by atoms with Crippen LogP contribution in [0.3, 0.4) is 0 Å². The molecule has 1 aromatic carbocycles. The molecule has 1 aliphatic rings. The second kappa shape index (κ2) is 8.62. The molecule has 1 aromatic heterocycles. The number of piperidine rings is 1. The zero-order chi connectivity index (χ0) is 17.5. The molecule has 0 aliphatic carbocycles. The molecule has 0 saturated carbocycles. The molecule has 132 valence electrons. The lowest BCUT2D eigenvalue weighted by molar-refractivity contribution is -0.130. The van der Waals surface area contributed by atoms with Crippen molar-refractivity contribution in [3.63, 3.8) is 0 Å². The van der Waals surface area contributed by atoms with Crippen LogP contribution in [0.4, 0.5) is 0 Å². The number of nitrogens with zero attached hydrogens (tertiary/aromatic N) is 3. The zero-order valence-corrected chi connectivity index (χ0v) is 14.8. The summed E-state index contributed by atoms with van der Waals surface area (Å²) >= 11 is 0. The van der Waals surface area contributed by atoms with Crippen LogP contribution in [0.25, 0.3) is 6.08 Å². The van der Waals surface area contributed by atoms with Crippen LogP contribution >= 0.6 is 0 Å². The van der Waals surface area contributed by atoms with Crippen molar-refractivity contribution < 1.29 is 4.79 Å². The highest BCUT2D eigenvalue weighted by Gasteiger charge is 2.20. The Kier molecular flexibility index (Phi) is 6.01. The summed E-state index contributed by atoms with van der Waals surface area (Å²) in [5, 5.41) is 7.79. The average molecular weight is 338 g/mol. The van der Waals surface area contributed by atoms with E-state index in [1.807, 2.05) is 60.3 Å². The van der Waals surface area contributed by atoms with Crippen molar-refractivity contribution >= 4 is 12.0 Å². The number of hydrogen-bond acceptors (Lipinski definition) is 3. The van der Waals surface area contributed by atoms with Crippen LogP contribution < -0.4 is 5.32 Å². The van der Waals surface area contributed by atoms with Gasteiger partial charge in [0.2, 0.25) is 5.91 Å². The lowest BCUT2D eigenvalue weighted by Crippen LogP contribution is -2.33. The maximum Gasteiger partial charge on any atom is 0.244 e. The van der Waals surface area contributed by atoms with Crippen molar-refractivity contribution in [1.29, 1.82) is 0 Å². The molecular weight excluding hydrogens is 312 g/mol. The van der Waals surface area contributed by atoms with Gasteiger partial charge in [-0.25, -0.2) is 0 Å². The van der Waals surface area contributed by atoms with E-state index in [0.717, 1.165) is 30.8 Å². The van der Waals surface area contributed by atoms with Crippen molar-refractivity contribution in [2.75, 3.05) is 26.7 Å². The molecule has 1 saturated heterocycles. The maximum atomic E-state index is 12.5. The Balaban J connectivity index is 1.55. The Bertz CT molecular complexity index is 701. The molecule has 0 spiro atoms. The Morgan fingerprint density at radius 1 is 1.36 bits per heavy atom. The van der Waals surface area contributed by atoms with E-state index in [0.29, 0.717) is 19.0 Å². The first-order valence-electron chi connectivity index (χ1n) is 8.92. The molecule has 0 bridgehead atoms. The lowest BCUT2D eigenvalue weighted by atomic mass is 9.96. The van der Waals surface area contributed by atoms with E-state index in [2.05, 4.69) is 10.4 Å². The summed E-state index contributed by atoms with van der Waals surface area (Å²) in [6.07, 6.45) is 8.18. The van der Waals surface area contributed by atoms with Crippen LogP contribution in [0.15, 0.2) is 48.7 Å². The van der Waals surface area contributed by atoms with Gasteiger partial charge in [0.05, 0.1) is 0 Å². The van der Waals surface area contributed by atoms with Crippen LogP contribution in [0, 0.1) is 0 Å². The summed E-state index contributed by atoms with van der Waals surface area (Å²) in [5.41, 5.74) is 2.30. The van der Waals surface area contributed by atoms with E-state index in [9.17, 15) is 4.79 Å². The van der Waals surface area contributed by atoms with Gasteiger partial charge in [-0.15, -0.1) is 0 Å². The quantitative estimate of drug-likeness (QED) is 0.880. The van der Waals surface area contributed by atoms with E-state index in [4.69, 9.17) is 0 Å². The van der Waals surface area contributed by atoms with E-state index < -0.39 is 0 Å². The van der Waals surface area contributed by atoms with E-state index in [1.165, 1.54) is 6.42 Å². The van der Waals surface area contributed by atoms with Gasteiger partial charge >= 0.3 is 0 Å². The van der Waals surface area contributed by atoms with Crippen molar-refractivity contribution in [3.05, 3.63) is 59.9 Å². The minimum absolute atomic E-state index is 0.0754. The number of likely N-dealkylation sites (N-methyl/N-ethyl adjacent to an activating group) is 1. The highest BCUT2D eigenvalue weighted by Crippen LogP contribution is 2.22. The first-order valence-corrected chi connectivity index (χ1v) is 8.92. The number of carbonyl (C=O) groups is 1. The second-order valence-corrected chi connectivity index (χ2v) is 6.54. The molecule has 1 unspecified atom stereocenters. The van der Waals surface area contributed by atoms with Gasteiger partial charge in [0.15, 0.2) is 0 Å². The average Bonchev–Trinajstić information content (AvgIpc) is 3.11. The predicted molar refractivity (Wildman–Crippen MR) is 100 cm³/mol. The molecule has 25 heavy (non-hydrogen) atoms. The second-order valence-electron chi connectivity index (χ2n) is 6.54. The normalized spacial score (nSPS) is 17.7. The Morgan fingerprint density at radius 2 is 2.20 bits per heavy atom. The number of carbonyl (C=O) groups excluding carboxylic acids is 1. The van der Waals surface area contributed by atoms with Crippen LogP contribution in [0.1, 0.15) is 30.0 Å². The van der Waals surface area contributed by atoms with Gasteiger partial charge in [-0.05, 0) is 31.0 Å². The Labute approximate surface area is 149 Å². The van der Waals surface area contributed by atoms with E-state index >= 15 is 0 Å². The fourth-order valence-corrected chi connectivity index (χ4v) is 3.19. The molecule has 3 rings (SSSR count). The van der Waals surface area contributed by atoms with Crippen molar-refractivity contribution in [2.45, 2.75) is 25.3 Å². The van der Waals surface area contributed by atoms with E-state index in [-0.39, 0.29) is 5.91 Å². The number of amides is 1. The molecular formula is C20H26N4O. The van der Waals surface area contributed by atoms with Gasteiger partial charge in [0, 0.05) is 37.9 Å². The SMILES string of the molecule is CN(C/C=C/c1ccccc1)C(=O)Cn1nccc1C1CCCNC1. The molecule has 2 heterocycles. The first-order chi connectivity index (χ1) is 12.2. The van der Waals surface area contributed by atoms with Crippen LogP contribution in [0.5, 0.6) is 0 Å². The van der Waals surface area contributed by atoms with Crippen LogP contribution in [-0.4, -0.2) is 47.3 Å². The third-order valence-corrected chi connectivity index (χ3v) is 4.66. The third kappa shape index (κ3) is 4.79. The monoisotopic (exact) mass is 338 g/mol. The number of nitrogens with one attached hydrogen (secondary N) is 1. The molecule has 1 atom stereocenters. The van der Waals surface area contributed by atoms with E-state index in [1.54, 1.807) is 11.1 Å². The van der Waals surface area contributed by atoms with Crippen LogP contribution in [0.2, 0.25) is 0 Å². The smallest absolute Gasteiger partial charge is 0.244 e. The van der Waals surface area contributed by atoms with Gasteiger partial charge in [0.25, 0.3) is 0 Å². The fourth-order valence-electron chi connectivity index (χ4n) is 3.19. The number of aromatic nitrogens is 2. The molecule has 2 aromatic rings. The summed E-state index contributed by atoms with van der Waals surface area (Å²) in [6, 6.07) is 12.2. The minimum Gasteiger partial charge on any atom is -0.340 e. The number of benzene rings is 1. The minimum atomic E-state index is 0.0754. The topological polar surface area (TPSA) is 50.2 Å². The Morgan fingerprint density at radius 3 is 2.96 bits per heavy atom. The highest BCUT2D eigenvalue weighted by molar-refractivity contribution is 5.76. The highest BCUT2D eigenvalue weighted by atomic mass is 16.2. The van der Waals surface area contributed by atoms with Gasteiger partial charge < -0.3 is 10.2 Å². The zero-order valence-electron chi connectivity index (χ0n) is 14.8. The van der Waals surface area contributed by atoms with Crippen molar-refractivity contribution in [1.82, 2.24) is 20.0 Å². The molecule has 1 aliphatic heterocycles. The van der Waals surface area contributed by atoms with Crippen molar-refractivity contribution in [3.8, 4) is 0 Å². The molecule has 5 heteroatoms. The Hall–Kier alpha value is -2.40. The fraction of sp³-hybridized carbons (Fsp3) is 0.400. The van der Waals surface area contributed by atoms with Crippen LogP contribution in [-0.2, 0) is 11.3 Å².